The predicted octanol–water partition coefficient (Wildman–Crippen LogP) is 2.72. The lowest BCUT2D eigenvalue weighted by Crippen LogP contribution is -2.41. The zero-order valence-electron chi connectivity index (χ0n) is 10.9. The number of aliphatic imine (C=N–C) groups is 1. The fourth-order valence-electron chi connectivity index (χ4n) is 1.73. The summed E-state index contributed by atoms with van der Waals surface area (Å²) in [6, 6.07) is 7.33. The van der Waals surface area contributed by atoms with E-state index in [-0.39, 0.29) is 5.91 Å². The van der Waals surface area contributed by atoms with Gasteiger partial charge in [-0.2, -0.15) is 0 Å². The third kappa shape index (κ3) is 3.00. The van der Waals surface area contributed by atoms with Gasteiger partial charge in [0, 0.05) is 19.1 Å². The molecule has 0 bridgehead atoms. The Bertz CT molecular complexity index is 569. The van der Waals surface area contributed by atoms with Crippen LogP contribution in [0.15, 0.2) is 35.0 Å². The van der Waals surface area contributed by atoms with Crippen molar-refractivity contribution in [3.05, 3.63) is 40.5 Å². The fourth-order valence-corrected chi connectivity index (χ4v) is 2.53. The Morgan fingerprint density at radius 2 is 2.16 bits per heavy atom. The second kappa shape index (κ2) is 5.77. The van der Waals surface area contributed by atoms with Crippen LogP contribution in [0.4, 0.5) is 0 Å². The number of hydrogen-bond donors (Lipinski definition) is 0. The average molecular weight is 296 g/mol. The summed E-state index contributed by atoms with van der Waals surface area (Å²) in [5.74, 6) is -0.130. The Morgan fingerprint density at radius 3 is 2.68 bits per heavy atom. The standard InChI is InChI=1S/C13H14ClN3OS/c1-16(2)17-12(18)11(15-13(17)19-3)8-9-5-4-6-10(14)7-9/h4-8H,1-3H3. The van der Waals surface area contributed by atoms with Gasteiger partial charge in [0.1, 0.15) is 5.70 Å². The molecule has 0 radical (unpaired) electrons. The van der Waals surface area contributed by atoms with Crippen LogP contribution in [-0.2, 0) is 4.79 Å². The number of carbonyl (C=O) groups excluding carboxylic acids is 1. The fraction of sp³-hybridized carbons (Fsp3) is 0.231. The van der Waals surface area contributed by atoms with Gasteiger partial charge in [-0.25, -0.2) is 15.0 Å². The summed E-state index contributed by atoms with van der Waals surface area (Å²) in [5.41, 5.74) is 1.28. The maximum atomic E-state index is 12.3. The molecule has 1 aromatic carbocycles. The largest absolute Gasteiger partial charge is 0.293 e. The summed E-state index contributed by atoms with van der Waals surface area (Å²) in [6.07, 6.45) is 3.64. The zero-order chi connectivity index (χ0) is 14.0. The number of carbonyl (C=O) groups is 1. The van der Waals surface area contributed by atoms with E-state index in [0.29, 0.717) is 15.9 Å². The van der Waals surface area contributed by atoms with Crippen LogP contribution < -0.4 is 0 Å². The van der Waals surface area contributed by atoms with Crippen molar-refractivity contribution in [1.82, 2.24) is 10.0 Å². The number of halogens is 1. The summed E-state index contributed by atoms with van der Waals surface area (Å²) >= 11 is 7.37. The van der Waals surface area contributed by atoms with E-state index in [9.17, 15) is 4.79 Å². The summed E-state index contributed by atoms with van der Waals surface area (Å²) in [7, 11) is 3.62. The number of hydrazine groups is 1. The van der Waals surface area contributed by atoms with Crippen molar-refractivity contribution in [2.24, 2.45) is 4.99 Å². The lowest BCUT2D eigenvalue weighted by atomic mass is 10.2. The first-order valence-corrected chi connectivity index (χ1v) is 7.25. The molecule has 0 saturated heterocycles. The van der Waals surface area contributed by atoms with Crippen LogP contribution in [0.5, 0.6) is 0 Å². The SMILES string of the molecule is CSC1=NC(=Cc2cccc(Cl)c2)C(=O)N1N(C)C. The van der Waals surface area contributed by atoms with Crippen molar-refractivity contribution in [3.8, 4) is 0 Å². The summed E-state index contributed by atoms with van der Waals surface area (Å²) < 4.78 is 0. The van der Waals surface area contributed by atoms with Crippen molar-refractivity contribution in [2.75, 3.05) is 20.4 Å². The maximum absolute atomic E-state index is 12.3. The zero-order valence-corrected chi connectivity index (χ0v) is 12.5. The summed E-state index contributed by atoms with van der Waals surface area (Å²) in [5, 5.41) is 4.57. The molecule has 0 spiro atoms. The van der Waals surface area contributed by atoms with Crippen LogP contribution >= 0.6 is 23.4 Å². The normalized spacial score (nSPS) is 17.5. The van der Waals surface area contributed by atoms with Crippen molar-refractivity contribution >= 4 is 40.5 Å². The van der Waals surface area contributed by atoms with Gasteiger partial charge in [0.15, 0.2) is 5.17 Å². The highest BCUT2D eigenvalue weighted by Crippen LogP contribution is 2.23. The minimum atomic E-state index is -0.130. The van der Waals surface area contributed by atoms with Crippen LogP contribution in [-0.4, -0.2) is 41.4 Å². The first-order valence-electron chi connectivity index (χ1n) is 5.64. The molecule has 4 nitrogen and oxygen atoms in total. The van der Waals surface area contributed by atoms with E-state index in [1.807, 2.05) is 32.5 Å². The number of benzene rings is 1. The smallest absolute Gasteiger partial charge is 0.265 e. The molecule has 1 amide bonds. The molecule has 1 aromatic rings. The van der Waals surface area contributed by atoms with Crippen LogP contribution in [0.25, 0.3) is 6.08 Å². The van der Waals surface area contributed by atoms with E-state index in [2.05, 4.69) is 4.99 Å². The van der Waals surface area contributed by atoms with E-state index in [0.717, 1.165) is 5.56 Å². The average Bonchev–Trinajstić information content (AvgIpc) is 2.66. The quantitative estimate of drug-likeness (QED) is 0.787. The molecular formula is C13H14ClN3OS. The molecule has 100 valence electrons. The molecule has 1 heterocycles. The van der Waals surface area contributed by atoms with Gasteiger partial charge in [-0.1, -0.05) is 35.5 Å². The topological polar surface area (TPSA) is 35.9 Å². The van der Waals surface area contributed by atoms with E-state index >= 15 is 0 Å². The summed E-state index contributed by atoms with van der Waals surface area (Å²) in [6.45, 7) is 0. The minimum absolute atomic E-state index is 0.130. The molecule has 19 heavy (non-hydrogen) atoms. The van der Waals surface area contributed by atoms with E-state index in [4.69, 9.17) is 11.6 Å². The number of nitrogens with zero attached hydrogens (tertiary/aromatic N) is 3. The summed E-state index contributed by atoms with van der Waals surface area (Å²) in [4.78, 5) is 16.6. The van der Waals surface area contributed by atoms with Gasteiger partial charge in [-0.05, 0) is 30.0 Å². The Morgan fingerprint density at radius 1 is 1.42 bits per heavy atom. The molecule has 0 fully saturated rings. The maximum Gasteiger partial charge on any atom is 0.293 e. The Kier molecular flexibility index (Phi) is 4.29. The molecular weight excluding hydrogens is 282 g/mol. The number of hydrogen-bond acceptors (Lipinski definition) is 4. The minimum Gasteiger partial charge on any atom is -0.265 e. The molecule has 0 N–H and O–H groups in total. The molecule has 0 aromatic heterocycles. The monoisotopic (exact) mass is 295 g/mol. The highest BCUT2D eigenvalue weighted by Gasteiger charge is 2.31. The van der Waals surface area contributed by atoms with Crippen molar-refractivity contribution in [1.29, 1.82) is 0 Å². The Hall–Kier alpha value is -1.30. The van der Waals surface area contributed by atoms with Crippen molar-refractivity contribution in [2.45, 2.75) is 0 Å². The molecule has 0 saturated carbocycles. The molecule has 0 aliphatic carbocycles. The number of amidine groups is 1. The van der Waals surface area contributed by atoms with Gasteiger partial charge in [0.25, 0.3) is 5.91 Å². The van der Waals surface area contributed by atoms with Gasteiger partial charge in [0.05, 0.1) is 0 Å². The number of thioether (sulfide) groups is 1. The molecule has 1 aliphatic heterocycles. The molecule has 1 aliphatic rings. The van der Waals surface area contributed by atoms with Crippen LogP contribution in [0, 0.1) is 0 Å². The van der Waals surface area contributed by atoms with E-state index < -0.39 is 0 Å². The van der Waals surface area contributed by atoms with Gasteiger partial charge in [0.2, 0.25) is 0 Å². The Balaban J connectivity index is 2.36. The first kappa shape index (κ1) is 14.1. The van der Waals surface area contributed by atoms with Gasteiger partial charge >= 0.3 is 0 Å². The number of amides is 1. The van der Waals surface area contributed by atoms with Gasteiger partial charge in [-0.15, -0.1) is 0 Å². The number of rotatable bonds is 2. The second-order valence-corrected chi connectivity index (χ2v) is 5.36. The van der Waals surface area contributed by atoms with Crippen molar-refractivity contribution in [3.63, 3.8) is 0 Å². The third-order valence-corrected chi connectivity index (χ3v) is 3.41. The van der Waals surface area contributed by atoms with Crippen LogP contribution in [0.2, 0.25) is 5.02 Å². The van der Waals surface area contributed by atoms with E-state index in [1.54, 1.807) is 28.2 Å². The predicted molar refractivity (Wildman–Crippen MR) is 80.9 cm³/mol. The highest BCUT2D eigenvalue weighted by atomic mass is 35.5. The van der Waals surface area contributed by atoms with Crippen LogP contribution in [0.3, 0.4) is 0 Å². The second-order valence-electron chi connectivity index (χ2n) is 4.15. The van der Waals surface area contributed by atoms with Crippen molar-refractivity contribution < 1.29 is 4.79 Å². The van der Waals surface area contributed by atoms with Gasteiger partial charge < -0.3 is 0 Å². The lowest BCUT2D eigenvalue weighted by Gasteiger charge is -2.23. The molecule has 6 heteroatoms. The highest BCUT2D eigenvalue weighted by molar-refractivity contribution is 8.13. The van der Waals surface area contributed by atoms with E-state index in [1.165, 1.54) is 11.8 Å². The molecule has 2 rings (SSSR count). The molecule has 0 atom stereocenters. The van der Waals surface area contributed by atoms with Gasteiger partial charge in [-0.3, -0.25) is 4.79 Å². The third-order valence-electron chi connectivity index (χ3n) is 2.54. The lowest BCUT2D eigenvalue weighted by molar-refractivity contribution is -0.130. The first-order chi connectivity index (χ1) is 9.02. The molecule has 0 unspecified atom stereocenters. The van der Waals surface area contributed by atoms with Crippen LogP contribution in [0.1, 0.15) is 5.56 Å². The Labute approximate surface area is 121 Å².